The molecule has 0 saturated carbocycles. The molecule has 0 spiro atoms. The lowest BCUT2D eigenvalue weighted by Crippen LogP contribution is -2.25. The van der Waals surface area contributed by atoms with Gasteiger partial charge in [-0.05, 0) is 18.6 Å². The van der Waals surface area contributed by atoms with Gasteiger partial charge in [0.25, 0.3) is 4.84 Å². The lowest BCUT2D eigenvalue weighted by atomic mass is 10.4. The Hall–Kier alpha value is -1.17. The second-order valence-electron chi connectivity index (χ2n) is 2.53. The lowest BCUT2D eigenvalue weighted by Gasteiger charge is -1.98. The van der Waals surface area contributed by atoms with Gasteiger partial charge in [0.15, 0.2) is 0 Å². The number of H-pyrrole nitrogens is 1. The summed E-state index contributed by atoms with van der Waals surface area (Å²) in [6.07, 6.45) is 1.04. The largest absolute Gasteiger partial charge is 0.414 e. The van der Waals surface area contributed by atoms with Crippen molar-refractivity contribution < 1.29 is 9.21 Å². The minimum Gasteiger partial charge on any atom is -0.414 e. The van der Waals surface area contributed by atoms with Crippen LogP contribution >= 0.6 is 12.2 Å². The summed E-state index contributed by atoms with van der Waals surface area (Å²) in [6.45, 7) is 2.66. The monoisotopic (exact) mass is 201 g/mol. The second kappa shape index (κ2) is 4.76. The molecule has 0 aliphatic heterocycles. The summed E-state index contributed by atoms with van der Waals surface area (Å²) in [6, 6.07) is 0. The quantitative estimate of drug-likeness (QED) is 0.707. The molecule has 0 bridgehead atoms. The van der Waals surface area contributed by atoms with Gasteiger partial charge in [0.05, 0.1) is 0 Å². The maximum Gasteiger partial charge on any atom is 0.284 e. The number of aromatic amines is 1. The molecule has 13 heavy (non-hydrogen) atoms. The van der Waals surface area contributed by atoms with E-state index >= 15 is 0 Å². The van der Waals surface area contributed by atoms with E-state index in [4.69, 9.17) is 4.42 Å². The van der Waals surface area contributed by atoms with Crippen LogP contribution in [0.1, 0.15) is 19.2 Å². The molecule has 0 aliphatic carbocycles. The van der Waals surface area contributed by atoms with Crippen LogP contribution in [0.15, 0.2) is 4.42 Å². The van der Waals surface area contributed by atoms with Gasteiger partial charge in [-0.15, -0.1) is 5.10 Å². The van der Waals surface area contributed by atoms with Crippen LogP contribution in [0.2, 0.25) is 0 Å². The number of aromatic nitrogens is 2. The Morgan fingerprint density at radius 2 is 2.54 bits per heavy atom. The summed E-state index contributed by atoms with van der Waals surface area (Å²) in [5.74, 6) is 0.214. The molecular weight excluding hydrogens is 190 g/mol. The summed E-state index contributed by atoms with van der Waals surface area (Å²) in [5, 5.41) is 8.86. The van der Waals surface area contributed by atoms with Gasteiger partial charge in [-0.25, -0.2) is 5.10 Å². The van der Waals surface area contributed by atoms with E-state index in [-0.39, 0.29) is 17.2 Å². The van der Waals surface area contributed by atoms with Crippen LogP contribution in [-0.2, 0) is 11.2 Å². The van der Waals surface area contributed by atoms with Gasteiger partial charge in [0.1, 0.15) is 6.42 Å². The summed E-state index contributed by atoms with van der Waals surface area (Å²) in [7, 11) is 0. The van der Waals surface area contributed by atoms with E-state index in [1.807, 2.05) is 6.92 Å². The lowest BCUT2D eigenvalue weighted by molar-refractivity contribution is -0.120. The Balaban J connectivity index is 2.41. The molecule has 5 nitrogen and oxygen atoms in total. The smallest absolute Gasteiger partial charge is 0.284 e. The minimum absolute atomic E-state index is 0.105. The molecule has 1 rings (SSSR count). The van der Waals surface area contributed by atoms with Gasteiger partial charge in [-0.3, -0.25) is 4.79 Å². The molecule has 1 aromatic heterocycles. The molecule has 2 N–H and O–H groups in total. The van der Waals surface area contributed by atoms with Gasteiger partial charge < -0.3 is 9.73 Å². The first-order chi connectivity index (χ1) is 6.22. The molecule has 0 aliphatic rings. The van der Waals surface area contributed by atoms with Crippen LogP contribution in [0.25, 0.3) is 0 Å². The zero-order valence-corrected chi connectivity index (χ0v) is 8.11. The van der Waals surface area contributed by atoms with Crippen LogP contribution < -0.4 is 5.32 Å². The number of nitrogens with zero attached hydrogens (tertiary/aromatic N) is 1. The Morgan fingerprint density at radius 1 is 1.77 bits per heavy atom. The van der Waals surface area contributed by atoms with Crippen LogP contribution in [-0.4, -0.2) is 22.6 Å². The van der Waals surface area contributed by atoms with Crippen LogP contribution in [0.5, 0.6) is 0 Å². The Bertz CT molecular complexity index is 330. The molecule has 1 heterocycles. The molecule has 0 saturated heterocycles. The van der Waals surface area contributed by atoms with Crippen molar-refractivity contribution in [3.8, 4) is 0 Å². The van der Waals surface area contributed by atoms with E-state index in [9.17, 15) is 4.79 Å². The zero-order valence-electron chi connectivity index (χ0n) is 7.29. The van der Waals surface area contributed by atoms with Crippen molar-refractivity contribution in [2.75, 3.05) is 6.54 Å². The van der Waals surface area contributed by atoms with Gasteiger partial charge in [0.2, 0.25) is 11.8 Å². The number of carbonyl (C=O) groups is 1. The van der Waals surface area contributed by atoms with Crippen molar-refractivity contribution in [1.82, 2.24) is 15.5 Å². The first-order valence-corrected chi connectivity index (χ1v) is 4.44. The van der Waals surface area contributed by atoms with E-state index in [0.29, 0.717) is 12.4 Å². The second-order valence-corrected chi connectivity index (χ2v) is 2.90. The van der Waals surface area contributed by atoms with Crippen molar-refractivity contribution >= 4 is 18.1 Å². The molecule has 0 fully saturated rings. The summed E-state index contributed by atoms with van der Waals surface area (Å²) in [5.41, 5.74) is 0. The standard InChI is InChI=1S/C7H11N3O2S/c1-2-3-8-5(11)4-6-9-10-7(13)12-6/h2-4H2,1H3,(H,8,11)(H,10,13). The molecule has 6 heteroatoms. The predicted octanol–water partition coefficient (Wildman–Crippen LogP) is 0.801. The Labute approximate surface area is 80.5 Å². The average molecular weight is 201 g/mol. The molecule has 0 atom stereocenters. The number of hydrogen-bond donors (Lipinski definition) is 2. The molecule has 1 amide bonds. The van der Waals surface area contributed by atoms with Gasteiger partial charge in [0, 0.05) is 6.54 Å². The van der Waals surface area contributed by atoms with Crippen molar-refractivity contribution in [2.45, 2.75) is 19.8 Å². The maximum absolute atomic E-state index is 11.1. The topological polar surface area (TPSA) is 70.9 Å². The van der Waals surface area contributed by atoms with Crippen LogP contribution in [0.3, 0.4) is 0 Å². The third kappa shape index (κ3) is 3.37. The van der Waals surface area contributed by atoms with E-state index in [0.717, 1.165) is 6.42 Å². The molecule has 72 valence electrons. The summed E-state index contributed by atoms with van der Waals surface area (Å²) >= 11 is 4.66. The third-order valence-corrected chi connectivity index (χ3v) is 1.54. The molecule has 0 aromatic carbocycles. The predicted molar refractivity (Wildman–Crippen MR) is 48.7 cm³/mol. The number of nitrogens with one attached hydrogen (secondary N) is 2. The molecular formula is C7H11N3O2S. The van der Waals surface area contributed by atoms with Crippen LogP contribution in [0.4, 0.5) is 0 Å². The summed E-state index contributed by atoms with van der Waals surface area (Å²) in [4.78, 5) is 11.3. The van der Waals surface area contributed by atoms with Gasteiger partial charge >= 0.3 is 0 Å². The number of rotatable bonds is 4. The number of hydrogen-bond acceptors (Lipinski definition) is 4. The first kappa shape index (κ1) is 9.91. The zero-order chi connectivity index (χ0) is 9.68. The van der Waals surface area contributed by atoms with Gasteiger partial charge in [-0.1, -0.05) is 6.92 Å². The van der Waals surface area contributed by atoms with Crippen molar-refractivity contribution in [2.24, 2.45) is 0 Å². The highest BCUT2D eigenvalue weighted by atomic mass is 32.1. The Morgan fingerprint density at radius 3 is 3.08 bits per heavy atom. The fraction of sp³-hybridized carbons (Fsp3) is 0.571. The van der Waals surface area contributed by atoms with E-state index < -0.39 is 0 Å². The SMILES string of the molecule is CCCNC(=O)Cc1n[nH]c(=S)o1. The highest BCUT2D eigenvalue weighted by molar-refractivity contribution is 7.71. The third-order valence-electron chi connectivity index (χ3n) is 1.37. The highest BCUT2D eigenvalue weighted by Gasteiger charge is 2.06. The fourth-order valence-electron chi connectivity index (χ4n) is 0.801. The fourth-order valence-corrected chi connectivity index (χ4v) is 0.942. The molecule has 0 unspecified atom stereocenters. The minimum atomic E-state index is -0.105. The molecule has 0 radical (unpaired) electrons. The normalized spacial score (nSPS) is 9.92. The summed E-state index contributed by atoms with van der Waals surface area (Å²) < 4.78 is 4.92. The van der Waals surface area contributed by atoms with E-state index in [1.54, 1.807) is 0 Å². The number of amides is 1. The van der Waals surface area contributed by atoms with E-state index in [2.05, 4.69) is 27.7 Å². The van der Waals surface area contributed by atoms with Crippen molar-refractivity contribution in [3.05, 3.63) is 10.7 Å². The van der Waals surface area contributed by atoms with Crippen LogP contribution in [0, 0.1) is 4.84 Å². The van der Waals surface area contributed by atoms with Crippen molar-refractivity contribution in [1.29, 1.82) is 0 Å². The first-order valence-electron chi connectivity index (χ1n) is 4.03. The van der Waals surface area contributed by atoms with Gasteiger partial charge in [-0.2, -0.15) is 0 Å². The van der Waals surface area contributed by atoms with Crippen molar-refractivity contribution in [3.63, 3.8) is 0 Å². The Kier molecular flexibility index (Phi) is 3.63. The highest BCUT2D eigenvalue weighted by Crippen LogP contribution is 1.95. The number of carbonyl (C=O) groups excluding carboxylic acids is 1. The molecule has 1 aromatic rings. The van der Waals surface area contributed by atoms with E-state index in [1.165, 1.54) is 0 Å². The maximum atomic E-state index is 11.1. The average Bonchev–Trinajstić information content (AvgIpc) is 2.48.